The molecule has 2 aromatic rings. The fourth-order valence-corrected chi connectivity index (χ4v) is 5.50. The third-order valence-electron chi connectivity index (χ3n) is 5.82. The molecule has 180 valence electrons. The number of ether oxygens (including phenoxy) is 2. The number of amides is 1. The maximum Gasteiger partial charge on any atom is 0.243 e. The van der Waals surface area contributed by atoms with Gasteiger partial charge in [-0.15, -0.1) is 0 Å². The van der Waals surface area contributed by atoms with E-state index in [2.05, 4.69) is 5.32 Å². The van der Waals surface area contributed by atoms with Crippen LogP contribution < -0.4 is 14.8 Å². The van der Waals surface area contributed by atoms with E-state index in [0.29, 0.717) is 37.4 Å². The van der Waals surface area contributed by atoms with Crippen LogP contribution in [-0.4, -0.2) is 51.5 Å². The lowest BCUT2D eigenvalue weighted by Gasteiger charge is -2.26. The monoisotopic (exact) mass is 474 g/mol. The van der Waals surface area contributed by atoms with E-state index >= 15 is 0 Å². The standard InChI is InChI=1S/C25H34N2O5S/c1-19-9-5-6-10-23(19)32-18-20(2)26-25(28)14-11-21-17-22(12-13-24(21)31-3)33(29,30)27-15-7-4-8-16-27/h5-6,9-10,12-13,17,20H,4,7-8,11,14-16,18H2,1-3H3,(H,26,28)/t20-/m1/s1. The summed E-state index contributed by atoms with van der Waals surface area (Å²) in [6.45, 7) is 5.33. The van der Waals surface area contributed by atoms with Gasteiger partial charge in [0.15, 0.2) is 0 Å². The number of carbonyl (C=O) groups excluding carboxylic acids is 1. The van der Waals surface area contributed by atoms with Gasteiger partial charge < -0.3 is 14.8 Å². The number of para-hydroxylation sites is 1. The van der Waals surface area contributed by atoms with Gasteiger partial charge in [-0.05, 0) is 68.5 Å². The third kappa shape index (κ3) is 6.71. The minimum atomic E-state index is -3.54. The van der Waals surface area contributed by atoms with Crippen molar-refractivity contribution in [2.75, 3.05) is 26.8 Å². The zero-order valence-corrected chi connectivity index (χ0v) is 20.5. The topological polar surface area (TPSA) is 84.9 Å². The van der Waals surface area contributed by atoms with Gasteiger partial charge in [0.25, 0.3) is 0 Å². The third-order valence-corrected chi connectivity index (χ3v) is 7.71. The van der Waals surface area contributed by atoms with Gasteiger partial charge in [0.05, 0.1) is 18.0 Å². The Balaban J connectivity index is 1.58. The summed E-state index contributed by atoms with van der Waals surface area (Å²) in [5.41, 5.74) is 1.75. The van der Waals surface area contributed by atoms with Gasteiger partial charge in [0.2, 0.25) is 15.9 Å². The second kappa shape index (κ2) is 11.5. The summed E-state index contributed by atoms with van der Waals surface area (Å²) in [5, 5.41) is 2.94. The molecule has 1 saturated heterocycles. The van der Waals surface area contributed by atoms with E-state index in [1.54, 1.807) is 29.6 Å². The lowest BCUT2D eigenvalue weighted by Crippen LogP contribution is -2.37. The molecule has 1 atom stereocenters. The lowest BCUT2D eigenvalue weighted by molar-refractivity contribution is -0.121. The van der Waals surface area contributed by atoms with E-state index in [4.69, 9.17) is 9.47 Å². The maximum absolute atomic E-state index is 13.0. The van der Waals surface area contributed by atoms with Crippen molar-refractivity contribution in [3.05, 3.63) is 53.6 Å². The van der Waals surface area contributed by atoms with Gasteiger partial charge in [0.1, 0.15) is 18.1 Å². The Morgan fingerprint density at radius 2 is 1.82 bits per heavy atom. The minimum absolute atomic E-state index is 0.123. The summed E-state index contributed by atoms with van der Waals surface area (Å²) in [7, 11) is -2.00. The number of piperidine rings is 1. The van der Waals surface area contributed by atoms with E-state index in [1.165, 1.54) is 0 Å². The molecule has 1 aliphatic heterocycles. The molecule has 0 bridgehead atoms. The first-order chi connectivity index (χ1) is 15.8. The molecule has 0 radical (unpaired) electrons. The van der Waals surface area contributed by atoms with Crippen LogP contribution in [0.5, 0.6) is 11.5 Å². The number of carbonyl (C=O) groups is 1. The van der Waals surface area contributed by atoms with Gasteiger partial charge >= 0.3 is 0 Å². The Morgan fingerprint density at radius 3 is 2.52 bits per heavy atom. The average Bonchev–Trinajstić information content (AvgIpc) is 2.82. The molecular formula is C25H34N2O5S. The first kappa shape index (κ1) is 25.1. The molecule has 3 rings (SSSR count). The summed E-state index contributed by atoms with van der Waals surface area (Å²) in [5.74, 6) is 1.26. The van der Waals surface area contributed by atoms with Crippen LogP contribution >= 0.6 is 0 Å². The van der Waals surface area contributed by atoms with E-state index in [-0.39, 0.29) is 23.3 Å². The van der Waals surface area contributed by atoms with E-state index in [0.717, 1.165) is 30.6 Å². The number of benzene rings is 2. The lowest BCUT2D eigenvalue weighted by atomic mass is 10.1. The molecule has 1 fully saturated rings. The quantitative estimate of drug-likeness (QED) is 0.568. The van der Waals surface area contributed by atoms with Crippen molar-refractivity contribution in [2.45, 2.75) is 56.9 Å². The predicted molar refractivity (Wildman–Crippen MR) is 128 cm³/mol. The number of sulfonamides is 1. The zero-order valence-electron chi connectivity index (χ0n) is 19.7. The maximum atomic E-state index is 13.0. The molecule has 33 heavy (non-hydrogen) atoms. The number of methoxy groups -OCH3 is 1. The van der Waals surface area contributed by atoms with Crippen LogP contribution in [0.2, 0.25) is 0 Å². The minimum Gasteiger partial charge on any atom is -0.496 e. The van der Waals surface area contributed by atoms with Crippen molar-refractivity contribution in [3.63, 3.8) is 0 Å². The van der Waals surface area contributed by atoms with Crippen molar-refractivity contribution < 1.29 is 22.7 Å². The highest BCUT2D eigenvalue weighted by atomic mass is 32.2. The largest absolute Gasteiger partial charge is 0.496 e. The molecule has 0 aromatic heterocycles. The van der Waals surface area contributed by atoms with Crippen LogP contribution in [0.3, 0.4) is 0 Å². The van der Waals surface area contributed by atoms with Crippen LogP contribution in [0.25, 0.3) is 0 Å². The van der Waals surface area contributed by atoms with Crippen molar-refractivity contribution in [2.24, 2.45) is 0 Å². The molecule has 0 unspecified atom stereocenters. The van der Waals surface area contributed by atoms with E-state index in [1.807, 2.05) is 38.1 Å². The molecular weight excluding hydrogens is 440 g/mol. The van der Waals surface area contributed by atoms with Crippen LogP contribution in [0.15, 0.2) is 47.4 Å². The second-order valence-electron chi connectivity index (χ2n) is 8.48. The van der Waals surface area contributed by atoms with Crippen molar-refractivity contribution in [1.82, 2.24) is 9.62 Å². The van der Waals surface area contributed by atoms with Gasteiger partial charge in [-0.2, -0.15) is 4.31 Å². The Kier molecular flexibility index (Phi) is 8.74. The van der Waals surface area contributed by atoms with Crippen molar-refractivity contribution in [1.29, 1.82) is 0 Å². The molecule has 8 heteroatoms. The van der Waals surface area contributed by atoms with Crippen LogP contribution in [0, 0.1) is 6.92 Å². The van der Waals surface area contributed by atoms with Crippen molar-refractivity contribution >= 4 is 15.9 Å². The Hall–Kier alpha value is -2.58. The molecule has 7 nitrogen and oxygen atoms in total. The smallest absolute Gasteiger partial charge is 0.243 e. The van der Waals surface area contributed by atoms with Gasteiger partial charge in [-0.1, -0.05) is 24.6 Å². The van der Waals surface area contributed by atoms with Crippen LogP contribution in [0.1, 0.15) is 43.7 Å². The van der Waals surface area contributed by atoms with Crippen LogP contribution in [-0.2, 0) is 21.2 Å². The number of hydrogen-bond acceptors (Lipinski definition) is 5. The fourth-order valence-electron chi connectivity index (χ4n) is 3.94. The first-order valence-electron chi connectivity index (χ1n) is 11.5. The highest BCUT2D eigenvalue weighted by Crippen LogP contribution is 2.27. The second-order valence-corrected chi connectivity index (χ2v) is 10.4. The zero-order chi connectivity index (χ0) is 23.8. The fraction of sp³-hybridized carbons (Fsp3) is 0.480. The van der Waals surface area contributed by atoms with E-state index in [9.17, 15) is 13.2 Å². The Morgan fingerprint density at radius 1 is 1.09 bits per heavy atom. The number of aryl methyl sites for hydroxylation is 2. The molecule has 0 spiro atoms. The highest BCUT2D eigenvalue weighted by Gasteiger charge is 2.26. The molecule has 0 saturated carbocycles. The summed E-state index contributed by atoms with van der Waals surface area (Å²) >= 11 is 0. The highest BCUT2D eigenvalue weighted by molar-refractivity contribution is 7.89. The summed E-state index contributed by atoms with van der Waals surface area (Å²) in [4.78, 5) is 12.8. The average molecular weight is 475 g/mol. The number of nitrogens with zero attached hydrogens (tertiary/aromatic N) is 1. The van der Waals surface area contributed by atoms with Crippen LogP contribution in [0.4, 0.5) is 0 Å². The molecule has 1 aliphatic rings. The van der Waals surface area contributed by atoms with E-state index < -0.39 is 10.0 Å². The first-order valence-corrected chi connectivity index (χ1v) is 12.9. The number of rotatable bonds is 10. The molecule has 1 N–H and O–H groups in total. The van der Waals surface area contributed by atoms with Gasteiger partial charge in [0, 0.05) is 19.5 Å². The molecule has 1 amide bonds. The van der Waals surface area contributed by atoms with Gasteiger partial charge in [-0.25, -0.2) is 8.42 Å². The molecule has 1 heterocycles. The Bertz CT molecular complexity index is 1050. The molecule has 0 aliphatic carbocycles. The summed E-state index contributed by atoms with van der Waals surface area (Å²) < 4.78 is 38.8. The summed E-state index contributed by atoms with van der Waals surface area (Å²) in [6.07, 6.45) is 3.42. The van der Waals surface area contributed by atoms with Crippen molar-refractivity contribution in [3.8, 4) is 11.5 Å². The number of nitrogens with one attached hydrogen (secondary N) is 1. The normalized spacial score (nSPS) is 15.6. The van der Waals surface area contributed by atoms with Gasteiger partial charge in [-0.3, -0.25) is 4.79 Å². The molecule has 2 aromatic carbocycles. The number of hydrogen-bond donors (Lipinski definition) is 1. The summed E-state index contributed by atoms with van der Waals surface area (Å²) in [6, 6.07) is 12.5. The SMILES string of the molecule is COc1ccc(S(=O)(=O)N2CCCCC2)cc1CCC(=O)N[C@H](C)COc1ccccc1C. The Labute approximate surface area is 197 Å². The predicted octanol–water partition coefficient (Wildman–Crippen LogP) is 3.69.